The minimum absolute atomic E-state index is 0.0926. The molecule has 57 heavy (non-hydrogen) atoms. The van der Waals surface area contributed by atoms with Gasteiger partial charge in [0.15, 0.2) is 23.0 Å². The fraction of sp³-hybridized carbons (Fsp3) is 0.410. The van der Waals surface area contributed by atoms with Crippen LogP contribution < -0.4 is 28.6 Å². The van der Waals surface area contributed by atoms with Crippen LogP contribution in [0.4, 0.5) is 5.69 Å². The molecule has 0 radical (unpaired) electrons. The summed E-state index contributed by atoms with van der Waals surface area (Å²) in [5.41, 5.74) is 3.05. The van der Waals surface area contributed by atoms with E-state index in [1.165, 1.54) is 0 Å². The number of ether oxygens (including phenoxy) is 5. The number of carboxylic acid groups (broad SMARTS) is 4. The van der Waals surface area contributed by atoms with Gasteiger partial charge in [-0.1, -0.05) is 18.2 Å². The van der Waals surface area contributed by atoms with E-state index in [-0.39, 0.29) is 5.91 Å². The molecule has 1 fully saturated rings. The van der Waals surface area contributed by atoms with Gasteiger partial charge in [-0.05, 0) is 73.3 Å². The summed E-state index contributed by atoms with van der Waals surface area (Å²) in [4.78, 5) is 58.5. The van der Waals surface area contributed by atoms with E-state index in [4.69, 9.17) is 63.3 Å². The molecule has 0 aliphatic carbocycles. The maximum atomic E-state index is 14.2. The average Bonchev–Trinajstić information content (AvgIpc) is 3.21. The third-order valence-corrected chi connectivity index (χ3v) is 10.8. The summed E-state index contributed by atoms with van der Waals surface area (Å²) in [6, 6.07) is 18.1. The standard InChI is InChI=1S/C35H45N3O6S.2C2H2O4/c1-36-27-10-7-8-11-32(27)45-35(34(36)39,26-12-13-28(40-2)29(24-26)41-3)15-9-16-37-18-20-38(21-19-37)17-14-25-22-30(42-4)33(44-6)31(23-25)43-5;2*3-1(4)2(5)6/h7-8,10-13,22-24H,9,14-21H2,1-6H3;2*(H,3,4)(H,5,6). The lowest BCUT2D eigenvalue weighted by atomic mass is 9.90. The zero-order chi connectivity index (χ0) is 42.3. The van der Waals surface area contributed by atoms with Gasteiger partial charge < -0.3 is 58.8 Å². The molecule has 0 aromatic heterocycles. The number of anilines is 1. The number of thioether (sulfide) groups is 1. The molecule has 2 aliphatic rings. The highest BCUT2D eigenvalue weighted by Gasteiger charge is 2.47. The molecule has 1 atom stereocenters. The molecule has 3 aromatic rings. The van der Waals surface area contributed by atoms with Crippen LogP contribution in [0.15, 0.2) is 59.5 Å². The second-order valence-corrected chi connectivity index (χ2v) is 14.0. The summed E-state index contributed by atoms with van der Waals surface area (Å²) in [6.45, 7) is 5.93. The van der Waals surface area contributed by atoms with E-state index in [1.807, 2.05) is 60.5 Å². The summed E-state index contributed by atoms with van der Waals surface area (Å²) in [5.74, 6) is -3.92. The van der Waals surface area contributed by atoms with Crippen molar-refractivity contribution in [3.63, 3.8) is 0 Å². The number of piperazine rings is 1. The van der Waals surface area contributed by atoms with Crippen molar-refractivity contribution in [2.45, 2.75) is 28.9 Å². The van der Waals surface area contributed by atoms with Crippen molar-refractivity contribution in [1.29, 1.82) is 0 Å². The van der Waals surface area contributed by atoms with Crippen LogP contribution in [0.1, 0.15) is 24.0 Å². The van der Waals surface area contributed by atoms with Crippen LogP contribution in [0.5, 0.6) is 28.7 Å². The van der Waals surface area contributed by atoms with Gasteiger partial charge in [-0.2, -0.15) is 0 Å². The number of carboxylic acids is 4. The van der Waals surface area contributed by atoms with Crippen molar-refractivity contribution in [3.8, 4) is 28.7 Å². The molecule has 2 heterocycles. The Hall–Kier alpha value is -5.72. The lowest BCUT2D eigenvalue weighted by Crippen LogP contribution is -2.48. The number of methoxy groups -OCH3 is 5. The van der Waals surface area contributed by atoms with Gasteiger partial charge >= 0.3 is 23.9 Å². The predicted molar refractivity (Wildman–Crippen MR) is 209 cm³/mol. The normalized spacial score (nSPS) is 16.4. The van der Waals surface area contributed by atoms with Gasteiger partial charge in [0, 0.05) is 44.7 Å². The summed E-state index contributed by atoms with van der Waals surface area (Å²) < 4.78 is 26.9. The van der Waals surface area contributed by atoms with Crippen LogP contribution >= 0.6 is 11.8 Å². The molecular formula is C39H49N3O14S. The van der Waals surface area contributed by atoms with Crippen molar-refractivity contribution in [2.24, 2.45) is 0 Å². The molecule has 5 rings (SSSR count). The Bertz CT molecular complexity index is 1810. The SMILES string of the molecule is COc1ccc(C2(CCCN3CCN(CCc4cc(OC)c(OC)c(OC)c4)CC3)Sc3ccccc3N(C)C2=O)cc1OC.O=C(O)C(=O)O.O=C(O)C(=O)O. The third kappa shape index (κ3) is 11.9. The molecule has 1 unspecified atom stereocenters. The summed E-state index contributed by atoms with van der Waals surface area (Å²) >= 11 is 1.66. The number of para-hydroxylation sites is 1. The quantitative estimate of drug-likeness (QED) is 0.181. The predicted octanol–water partition coefficient (Wildman–Crippen LogP) is 3.65. The molecule has 1 amide bonds. The highest BCUT2D eigenvalue weighted by molar-refractivity contribution is 8.01. The molecule has 0 bridgehead atoms. The Morgan fingerprint density at radius 2 is 1.18 bits per heavy atom. The van der Waals surface area contributed by atoms with Gasteiger partial charge in [0.25, 0.3) is 0 Å². The van der Waals surface area contributed by atoms with E-state index >= 15 is 0 Å². The first kappa shape index (κ1) is 45.7. The molecule has 17 nitrogen and oxygen atoms in total. The second kappa shape index (κ2) is 21.5. The lowest BCUT2D eigenvalue weighted by Gasteiger charge is -2.42. The van der Waals surface area contributed by atoms with E-state index < -0.39 is 28.6 Å². The van der Waals surface area contributed by atoms with Crippen LogP contribution in [0.2, 0.25) is 0 Å². The number of benzene rings is 3. The minimum Gasteiger partial charge on any atom is -0.493 e. The van der Waals surface area contributed by atoms with Crippen LogP contribution in [-0.2, 0) is 35.1 Å². The fourth-order valence-corrected chi connectivity index (χ4v) is 7.91. The second-order valence-electron chi connectivity index (χ2n) is 12.6. The summed E-state index contributed by atoms with van der Waals surface area (Å²) in [7, 11) is 10.1. The van der Waals surface area contributed by atoms with Gasteiger partial charge in [0.2, 0.25) is 11.7 Å². The van der Waals surface area contributed by atoms with Crippen molar-refractivity contribution in [2.75, 3.05) is 86.8 Å². The Morgan fingerprint density at radius 3 is 1.67 bits per heavy atom. The molecule has 0 spiro atoms. The van der Waals surface area contributed by atoms with E-state index in [0.717, 1.165) is 73.8 Å². The van der Waals surface area contributed by atoms with Gasteiger partial charge in [-0.3, -0.25) is 4.79 Å². The number of hydrogen-bond acceptors (Lipinski definition) is 13. The maximum absolute atomic E-state index is 14.2. The third-order valence-electron chi connectivity index (χ3n) is 9.29. The van der Waals surface area contributed by atoms with Gasteiger partial charge in [0.1, 0.15) is 4.75 Å². The van der Waals surface area contributed by atoms with Crippen molar-refractivity contribution < 1.29 is 68.1 Å². The van der Waals surface area contributed by atoms with E-state index in [2.05, 4.69) is 15.9 Å². The van der Waals surface area contributed by atoms with E-state index in [1.54, 1.807) is 47.3 Å². The maximum Gasteiger partial charge on any atom is 0.414 e. The molecule has 4 N–H and O–H groups in total. The molecular weight excluding hydrogens is 767 g/mol. The van der Waals surface area contributed by atoms with Crippen LogP contribution in [0.3, 0.4) is 0 Å². The van der Waals surface area contributed by atoms with Crippen LogP contribution in [-0.4, -0.2) is 142 Å². The zero-order valence-corrected chi connectivity index (χ0v) is 33.5. The van der Waals surface area contributed by atoms with Gasteiger partial charge in [0.05, 0.1) is 41.2 Å². The van der Waals surface area contributed by atoms with Gasteiger partial charge in [-0.15, -0.1) is 11.8 Å². The number of likely N-dealkylation sites (N-methyl/N-ethyl adjacent to an activating group) is 1. The van der Waals surface area contributed by atoms with Crippen molar-refractivity contribution in [1.82, 2.24) is 9.80 Å². The molecule has 0 saturated carbocycles. The Morgan fingerprint density at radius 1 is 0.667 bits per heavy atom. The highest BCUT2D eigenvalue weighted by Crippen LogP contribution is 2.54. The van der Waals surface area contributed by atoms with Gasteiger partial charge in [-0.25, -0.2) is 19.2 Å². The number of rotatable bonds is 13. The van der Waals surface area contributed by atoms with Crippen LogP contribution in [0, 0.1) is 0 Å². The minimum atomic E-state index is -1.82. The number of hydrogen-bond donors (Lipinski definition) is 4. The highest BCUT2D eigenvalue weighted by atomic mass is 32.2. The molecule has 3 aromatic carbocycles. The summed E-state index contributed by atoms with van der Waals surface area (Å²) in [5, 5.41) is 29.6. The monoisotopic (exact) mass is 815 g/mol. The first-order valence-corrected chi connectivity index (χ1v) is 18.4. The number of carbonyl (C=O) groups excluding carboxylic acids is 1. The fourth-order valence-electron chi connectivity index (χ4n) is 6.36. The number of carbonyl (C=O) groups is 5. The Labute approximate surface area is 334 Å². The number of fused-ring (bicyclic) bond motifs is 1. The smallest absolute Gasteiger partial charge is 0.414 e. The topological polar surface area (TPSA) is 222 Å². The van der Waals surface area contributed by atoms with Crippen molar-refractivity contribution >= 4 is 47.2 Å². The largest absolute Gasteiger partial charge is 0.493 e. The Kier molecular flexibility index (Phi) is 17.3. The number of aliphatic carboxylic acids is 4. The number of nitrogens with zero attached hydrogens (tertiary/aromatic N) is 3. The molecule has 1 saturated heterocycles. The molecule has 2 aliphatic heterocycles. The van der Waals surface area contributed by atoms with Crippen LogP contribution in [0.25, 0.3) is 0 Å². The van der Waals surface area contributed by atoms with E-state index in [0.29, 0.717) is 35.2 Å². The molecule has 310 valence electrons. The molecule has 18 heteroatoms. The Balaban J connectivity index is 0.000000631. The lowest BCUT2D eigenvalue weighted by molar-refractivity contribution is -0.159. The first-order chi connectivity index (χ1) is 27.1. The number of amides is 1. The average molecular weight is 816 g/mol. The zero-order valence-electron chi connectivity index (χ0n) is 32.7. The summed E-state index contributed by atoms with van der Waals surface area (Å²) in [6.07, 6.45) is 2.51. The van der Waals surface area contributed by atoms with E-state index in [9.17, 15) is 4.79 Å². The van der Waals surface area contributed by atoms with Crippen molar-refractivity contribution in [3.05, 3.63) is 65.7 Å². The first-order valence-electron chi connectivity index (χ1n) is 17.6.